The van der Waals surface area contributed by atoms with Crippen LogP contribution in [0, 0.1) is 11.8 Å². The molecular weight excluding hydrogens is 276 g/mol. The number of anilines is 1. The number of hydrogen-bond acceptors (Lipinski definition) is 4. The molecular formula is C17H28N4O. The average Bonchev–Trinajstić information content (AvgIpc) is 2.44. The molecule has 122 valence electrons. The molecule has 0 spiro atoms. The molecule has 0 bridgehead atoms. The Morgan fingerprint density at radius 3 is 2.32 bits per heavy atom. The van der Waals surface area contributed by atoms with Crippen LogP contribution in [0.15, 0.2) is 6.07 Å². The number of hydrogen-bond donors (Lipinski definition) is 0. The molecule has 2 rings (SSSR count). The Kier molecular flexibility index (Phi) is 5.04. The van der Waals surface area contributed by atoms with Gasteiger partial charge in [-0.25, -0.2) is 9.97 Å². The molecule has 1 aliphatic rings. The monoisotopic (exact) mass is 304 g/mol. The van der Waals surface area contributed by atoms with Crippen LogP contribution in [-0.4, -0.2) is 48.0 Å². The molecule has 1 aliphatic heterocycles. The summed E-state index contributed by atoms with van der Waals surface area (Å²) >= 11 is 0. The second-order valence-electron chi connectivity index (χ2n) is 7.18. The van der Waals surface area contributed by atoms with Gasteiger partial charge in [0, 0.05) is 32.9 Å². The number of aromatic nitrogens is 2. The summed E-state index contributed by atoms with van der Waals surface area (Å²) in [4.78, 5) is 25.7. The zero-order chi connectivity index (χ0) is 16.4. The van der Waals surface area contributed by atoms with Gasteiger partial charge >= 0.3 is 0 Å². The summed E-state index contributed by atoms with van der Waals surface area (Å²) in [7, 11) is 3.80. The third-order valence-electron chi connectivity index (χ3n) is 4.10. The number of rotatable bonds is 3. The molecule has 5 nitrogen and oxygen atoms in total. The third-order valence-corrected chi connectivity index (χ3v) is 4.10. The summed E-state index contributed by atoms with van der Waals surface area (Å²) in [5, 5.41) is 0. The highest BCUT2D eigenvalue weighted by molar-refractivity contribution is 5.92. The first-order chi connectivity index (χ1) is 10.3. The van der Waals surface area contributed by atoms with E-state index in [1.54, 1.807) is 0 Å². The quantitative estimate of drug-likeness (QED) is 0.861. The number of carbonyl (C=O) groups excluding carboxylic acids is 1. The van der Waals surface area contributed by atoms with E-state index < -0.39 is 0 Å². The fourth-order valence-corrected chi connectivity index (χ4v) is 3.05. The summed E-state index contributed by atoms with van der Waals surface area (Å²) < 4.78 is 0. The lowest BCUT2D eigenvalue weighted by atomic mass is 9.91. The molecule has 1 aromatic heterocycles. The van der Waals surface area contributed by atoms with Crippen molar-refractivity contribution < 1.29 is 4.79 Å². The number of nitrogens with zero attached hydrogens (tertiary/aromatic N) is 4. The van der Waals surface area contributed by atoms with E-state index in [9.17, 15) is 4.79 Å². The van der Waals surface area contributed by atoms with Crippen LogP contribution in [-0.2, 0) is 0 Å². The zero-order valence-electron chi connectivity index (χ0n) is 14.6. The molecule has 5 heteroatoms. The number of amides is 1. The summed E-state index contributed by atoms with van der Waals surface area (Å²) in [6.07, 6.45) is 1.19. The summed E-state index contributed by atoms with van der Waals surface area (Å²) in [5.41, 5.74) is 1.43. The predicted molar refractivity (Wildman–Crippen MR) is 89.3 cm³/mol. The second kappa shape index (κ2) is 6.63. The van der Waals surface area contributed by atoms with Gasteiger partial charge in [0.05, 0.1) is 0 Å². The molecule has 22 heavy (non-hydrogen) atoms. The van der Waals surface area contributed by atoms with Gasteiger partial charge in [-0.15, -0.1) is 0 Å². The Hall–Kier alpha value is -1.65. The standard InChI is InChI=1S/C17H28N4O/c1-11(2)14-8-15(19-17(18-14)20(5)6)16(22)21-9-12(3)7-13(4)10-21/h8,11-13H,7,9-10H2,1-6H3/t12-,13-/m1/s1. The van der Waals surface area contributed by atoms with E-state index in [4.69, 9.17) is 0 Å². The van der Waals surface area contributed by atoms with Crippen LogP contribution in [0.25, 0.3) is 0 Å². The Labute approximate surface area is 133 Å². The second-order valence-corrected chi connectivity index (χ2v) is 7.18. The lowest BCUT2D eigenvalue weighted by Crippen LogP contribution is -2.43. The number of carbonyl (C=O) groups is 1. The fraction of sp³-hybridized carbons (Fsp3) is 0.706. The maximum absolute atomic E-state index is 12.9. The summed E-state index contributed by atoms with van der Waals surface area (Å²) in [5.74, 6) is 2.01. The molecule has 0 unspecified atom stereocenters. The van der Waals surface area contributed by atoms with Gasteiger partial charge in [0.15, 0.2) is 0 Å². The molecule has 0 aliphatic carbocycles. The number of likely N-dealkylation sites (tertiary alicyclic amines) is 1. The van der Waals surface area contributed by atoms with Crippen molar-refractivity contribution in [1.82, 2.24) is 14.9 Å². The van der Waals surface area contributed by atoms with E-state index in [0.29, 0.717) is 23.5 Å². The van der Waals surface area contributed by atoms with Gasteiger partial charge in [-0.05, 0) is 30.2 Å². The van der Waals surface area contributed by atoms with Crippen molar-refractivity contribution in [2.24, 2.45) is 11.8 Å². The van der Waals surface area contributed by atoms with Crippen molar-refractivity contribution in [3.63, 3.8) is 0 Å². The van der Waals surface area contributed by atoms with E-state index in [2.05, 4.69) is 37.7 Å². The van der Waals surface area contributed by atoms with E-state index in [1.807, 2.05) is 30.0 Å². The minimum absolute atomic E-state index is 0.0331. The van der Waals surface area contributed by atoms with Crippen LogP contribution in [0.3, 0.4) is 0 Å². The van der Waals surface area contributed by atoms with Crippen molar-refractivity contribution >= 4 is 11.9 Å². The molecule has 1 fully saturated rings. The SMILES string of the molecule is CC(C)c1cc(C(=O)N2C[C@H](C)C[C@@H](C)C2)nc(N(C)C)n1. The molecule has 2 atom stereocenters. The maximum atomic E-state index is 12.9. The molecule has 1 amide bonds. The smallest absolute Gasteiger partial charge is 0.272 e. The first kappa shape index (κ1) is 16.7. The molecule has 0 saturated carbocycles. The van der Waals surface area contributed by atoms with E-state index in [1.165, 1.54) is 6.42 Å². The Morgan fingerprint density at radius 2 is 1.82 bits per heavy atom. The normalized spacial score (nSPS) is 22.0. The largest absolute Gasteiger partial charge is 0.347 e. The highest BCUT2D eigenvalue weighted by atomic mass is 16.2. The Bertz CT molecular complexity index is 505. The fourth-order valence-electron chi connectivity index (χ4n) is 3.05. The lowest BCUT2D eigenvalue weighted by molar-refractivity contribution is 0.0617. The van der Waals surface area contributed by atoms with E-state index in [0.717, 1.165) is 18.8 Å². The zero-order valence-corrected chi connectivity index (χ0v) is 14.6. The Balaban J connectivity index is 2.32. The minimum atomic E-state index is 0.0331. The number of piperidine rings is 1. The highest BCUT2D eigenvalue weighted by Gasteiger charge is 2.27. The van der Waals surface area contributed by atoms with Crippen molar-refractivity contribution in [2.75, 3.05) is 32.1 Å². The van der Waals surface area contributed by atoms with Crippen molar-refractivity contribution in [2.45, 2.75) is 40.0 Å². The van der Waals surface area contributed by atoms with Gasteiger partial charge < -0.3 is 9.80 Å². The molecule has 0 aromatic carbocycles. The van der Waals surface area contributed by atoms with Crippen LogP contribution in [0.2, 0.25) is 0 Å². The first-order valence-electron chi connectivity index (χ1n) is 8.13. The minimum Gasteiger partial charge on any atom is -0.347 e. The molecule has 1 aromatic rings. The summed E-state index contributed by atoms with van der Waals surface area (Å²) in [6, 6.07) is 1.85. The van der Waals surface area contributed by atoms with E-state index in [-0.39, 0.29) is 11.8 Å². The topological polar surface area (TPSA) is 49.3 Å². The van der Waals surface area contributed by atoms with Gasteiger partial charge in [0.2, 0.25) is 5.95 Å². The van der Waals surface area contributed by atoms with Crippen LogP contribution >= 0.6 is 0 Å². The van der Waals surface area contributed by atoms with Crippen molar-refractivity contribution in [1.29, 1.82) is 0 Å². The summed E-state index contributed by atoms with van der Waals surface area (Å²) in [6.45, 7) is 10.2. The van der Waals surface area contributed by atoms with Crippen molar-refractivity contribution in [3.8, 4) is 0 Å². The molecule has 1 saturated heterocycles. The molecule has 0 radical (unpaired) electrons. The molecule has 2 heterocycles. The first-order valence-corrected chi connectivity index (χ1v) is 8.13. The van der Waals surface area contributed by atoms with Crippen molar-refractivity contribution in [3.05, 3.63) is 17.5 Å². The van der Waals surface area contributed by atoms with Crippen LogP contribution < -0.4 is 4.90 Å². The van der Waals surface area contributed by atoms with Gasteiger partial charge in [-0.3, -0.25) is 4.79 Å². The predicted octanol–water partition coefficient (Wildman–Crippen LogP) is 2.78. The lowest BCUT2D eigenvalue weighted by Gasteiger charge is -2.34. The van der Waals surface area contributed by atoms with Gasteiger partial charge in [-0.1, -0.05) is 27.7 Å². The van der Waals surface area contributed by atoms with Crippen LogP contribution in [0.5, 0.6) is 0 Å². The highest BCUT2D eigenvalue weighted by Crippen LogP contribution is 2.23. The molecule has 0 N–H and O–H groups in total. The van der Waals surface area contributed by atoms with Gasteiger partial charge in [0.25, 0.3) is 5.91 Å². The third kappa shape index (κ3) is 3.76. The van der Waals surface area contributed by atoms with Crippen LogP contribution in [0.4, 0.5) is 5.95 Å². The maximum Gasteiger partial charge on any atom is 0.272 e. The van der Waals surface area contributed by atoms with Gasteiger partial charge in [0.1, 0.15) is 5.69 Å². The van der Waals surface area contributed by atoms with E-state index >= 15 is 0 Å². The van der Waals surface area contributed by atoms with Crippen LogP contribution in [0.1, 0.15) is 56.2 Å². The average molecular weight is 304 g/mol. The van der Waals surface area contributed by atoms with Gasteiger partial charge in [-0.2, -0.15) is 0 Å². The Morgan fingerprint density at radius 1 is 1.23 bits per heavy atom.